The molecule has 3 amide bonds. The maximum Gasteiger partial charge on any atom is 0.293 e. The summed E-state index contributed by atoms with van der Waals surface area (Å²) in [5, 5.41) is 2.29. The summed E-state index contributed by atoms with van der Waals surface area (Å²) in [5.74, 6) is 0.580. The van der Waals surface area contributed by atoms with Crippen molar-refractivity contribution in [3.63, 3.8) is 0 Å². The van der Waals surface area contributed by atoms with E-state index >= 15 is 0 Å². The van der Waals surface area contributed by atoms with E-state index in [0.717, 1.165) is 22.2 Å². The molecule has 1 aliphatic heterocycles. The molecule has 1 aliphatic rings. The summed E-state index contributed by atoms with van der Waals surface area (Å²) in [6, 6.07) is 12.8. The van der Waals surface area contributed by atoms with Crippen LogP contribution in [0.3, 0.4) is 0 Å². The Morgan fingerprint density at radius 3 is 2.27 bits per heavy atom. The number of nitrogens with one attached hydrogen (secondary N) is 1. The first kappa shape index (κ1) is 23.9. The number of hydrogen-bond acceptors (Lipinski definition) is 7. The van der Waals surface area contributed by atoms with Crippen molar-refractivity contribution in [1.82, 2.24) is 10.2 Å². The van der Waals surface area contributed by atoms with Crippen LogP contribution in [0, 0.1) is 0 Å². The van der Waals surface area contributed by atoms with Crippen LogP contribution in [0.1, 0.15) is 11.1 Å². The molecule has 3 rings (SSSR count). The molecule has 0 atom stereocenters. The first-order valence-corrected chi connectivity index (χ1v) is 10.8. The van der Waals surface area contributed by atoms with Crippen LogP contribution in [-0.4, -0.2) is 56.4 Å². The first-order chi connectivity index (χ1) is 16.0. The molecule has 2 aromatic carbocycles. The number of hydrogen-bond donors (Lipinski definition) is 1. The second-order valence-corrected chi connectivity index (χ2v) is 7.82. The average molecular weight is 469 g/mol. The van der Waals surface area contributed by atoms with E-state index in [-0.39, 0.29) is 23.9 Å². The number of benzene rings is 2. The fraction of sp³-hybridized carbons (Fsp3) is 0.208. The van der Waals surface area contributed by atoms with Crippen LogP contribution < -0.4 is 19.5 Å². The summed E-state index contributed by atoms with van der Waals surface area (Å²) in [6.07, 6.45) is 4.69. The van der Waals surface area contributed by atoms with Crippen LogP contribution in [0.15, 0.2) is 53.4 Å². The van der Waals surface area contributed by atoms with E-state index in [9.17, 15) is 14.4 Å². The van der Waals surface area contributed by atoms with Crippen LogP contribution in [0.4, 0.5) is 4.79 Å². The predicted molar refractivity (Wildman–Crippen MR) is 127 cm³/mol. The lowest BCUT2D eigenvalue weighted by Gasteiger charge is -2.13. The van der Waals surface area contributed by atoms with Gasteiger partial charge in [0.05, 0.1) is 26.2 Å². The number of ether oxygens (including phenoxy) is 3. The van der Waals surface area contributed by atoms with E-state index in [4.69, 9.17) is 14.2 Å². The molecule has 33 heavy (non-hydrogen) atoms. The highest BCUT2D eigenvalue weighted by molar-refractivity contribution is 8.18. The minimum atomic E-state index is -0.423. The normalized spacial score (nSPS) is 14.8. The van der Waals surface area contributed by atoms with Gasteiger partial charge in [-0.1, -0.05) is 30.3 Å². The number of methoxy groups -OCH3 is 3. The number of nitrogens with zero attached hydrogens (tertiary/aromatic N) is 1. The highest BCUT2D eigenvalue weighted by atomic mass is 32.2. The molecule has 0 saturated carbocycles. The topological polar surface area (TPSA) is 94.2 Å². The van der Waals surface area contributed by atoms with Crippen LogP contribution >= 0.6 is 11.8 Å². The molecule has 1 saturated heterocycles. The van der Waals surface area contributed by atoms with Crippen LogP contribution in [0.25, 0.3) is 12.2 Å². The van der Waals surface area contributed by atoms with Crippen molar-refractivity contribution in [2.24, 2.45) is 0 Å². The van der Waals surface area contributed by atoms with Crippen molar-refractivity contribution >= 4 is 41.0 Å². The van der Waals surface area contributed by atoms with E-state index in [2.05, 4.69) is 5.32 Å². The summed E-state index contributed by atoms with van der Waals surface area (Å²) in [7, 11) is 4.50. The quantitative estimate of drug-likeness (QED) is 0.562. The van der Waals surface area contributed by atoms with E-state index < -0.39 is 11.1 Å². The maximum atomic E-state index is 12.7. The van der Waals surface area contributed by atoms with Gasteiger partial charge in [-0.25, -0.2) is 0 Å². The molecular weight excluding hydrogens is 444 g/mol. The fourth-order valence-corrected chi connectivity index (χ4v) is 3.98. The molecule has 2 aromatic rings. The van der Waals surface area contributed by atoms with Gasteiger partial charge in [0.1, 0.15) is 0 Å². The Bertz CT molecular complexity index is 1070. The molecular formula is C24H24N2O6S. The molecule has 0 bridgehead atoms. The number of imide groups is 1. The van der Waals surface area contributed by atoms with Gasteiger partial charge in [-0.2, -0.15) is 0 Å². The molecule has 0 spiro atoms. The second-order valence-electron chi connectivity index (χ2n) is 6.83. The lowest BCUT2D eigenvalue weighted by molar-refractivity contribution is -0.123. The Hall–Kier alpha value is -3.72. The van der Waals surface area contributed by atoms with Gasteiger partial charge in [0.2, 0.25) is 11.7 Å². The number of carbonyl (C=O) groups excluding carboxylic acids is 3. The van der Waals surface area contributed by atoms with Crippen molar-refractivity contribution < 1.29 is 28.6 Å². The van der Waals surface area contributed by atoms with Crippen LogP contribution in [0.5, 0.6) is 17.2 Å². The van der Waals surface area contributed by atoms with Gasteiger partial charge >= 0.3 is 0 Å². The Morgan fingerprint density at radius 2 is 1.67 bits per heavy atom. The molecule has 1 fully saturated rings. The van der Waals surface area contributed by atoms with Crippen LogP contribution in [-0.2, 0) is 9.59 Å². The zero-order valence-electron chi connectivity index (χ0n) is 18.5. The number of amides is 3. The van der Waals surface area contributed by atoms with Gasteiger partial charge in [-0.05, 0) is 47.2 Å². The van der Waals surface area contributed by atoms with Gasteiger partial charge in [-0.15, -0.1) is 0 Å². The molecule has 0 unspecified atom stereocenters. The Morgan fingerprint density at radius 1 is 1.00 bits per heavy atom. The van der Waals surface area contributed by atoms with Gasteiger partial charge in [0.25, 0.3) is 11.1 Å². The van der Waals surface area contributed by atoms with E-state index in [1.54, 1.807) is 24.3 Å². The lowest BCUT2D eigenvalue weighted by Crippen LogP contribution is -2.36. The summed E-state index contributed by atoms with van der Waals surface area (Å²) >= 11 is 0.839. The third-order valence-electron chi connectivity index (χ3n) is 4.72. The zero-order valence-corrected chi connectivity index (χ0v) is 19.3. The zero-order chi connectivity index (χ0) is 23.8. The number of carbonyl (C=O) groups is 3. The highest BCUT2D eigenvalue weighted by Crippen LogP contribution is 2.40. The van der Waals surface area contributed by atoms with Gasteiger partial charge < -0.3 is 19.5 Å². The smallest absolute Gasteiger partial charge is 0.293 e. The summed E-state index contributed by atoms with van der Waals surface area (Å²) in [5.41, 5.74) is 1.52. The third-order valence-corrected chi connectivity index (χ3v) is 5.63. The highest BCUT2D eigenvalue weighted by Gasteiger charge is 2.34. The predicted octanol–water partition coefficient (Wildman–Crippen LogP) is 3.58. The average Bonchev–Trinajstić information content (AvgIpc) is 3.09. The minimum absolute atomic E-state index is 0.0716. The van der Waals surface area contributed by atoms with Crippen molar-refractivity contribution in [1.29, 1.82) is 0 Å². The summed E-state index contributed by atoms with van der Waals surface area (Å²) in [6.45, 7) is 0.218. The Kier molecular flexibility index (Phi) is 8.15. The van der Waals surface area contributed by atoms with E-state index in [0.29, 0.717) is 22.8 Å². The third kappa shape index (κ3) is 5.95. The Balaban J connectivity index is 1.63. The fourth-order valence-electron chi connectivity index (χ4n) is 3.11. The molecule has 1 N–H and O–H groups in total. The SMILES string of the molecule is COc1cc(/C=C2/SC(=O)N(CCNC(=O)/C=C/c3ccccc3)C2=O)cc(OC)c1OC. The molecule has 1 heterocycles. The van der Waals surface area contributed by atoms with Crippen molar-refractivity contribution in [2.75, 3.05) is 34.4 Å². The maximum absolute atomic E-state index is 12.7. The van der Waals surface area contributed by atoms with E-state index in [1.165, 1.54) is 27.4 Å². The second kappa shape index (κ2) is 11.2. The van der Waals surface area contributed by atoms with Gasteiger partial charge in [-0.3, -0.25) is 19.3 Å². The molecule has 0 aliphatic carbocycles. The molecule has 9 heteroatoms. The largest absolute Gasteiger partial charge is 0.493 e. The Labute approximate surface area is 196 Å². The molecule has 0 aromatic heterocycles. The van der Waals surface area contributed by atoms with E-state index in [1.807, 2.05) is 30.3 Å². The standard InChI is InChI=1S/C24H24N2O6S/c1-30-18-13-17(14-19(31-2)22(18)32-3)15-20-23(28)26(24(29)33-20)12-11-25-21(27)10-9-16-7-5-4-6-8-16/h4-10,13-15H,11-12H2,1-3H3,(H,25,27)/b10-9+,20-15+. The van der Waals surface area contributed by atoms with Crippen LogP contribution in [0.2, 0.25) is 0 Å². The van der Waals surface area contributed by atoms with Crippen molar-refractivity contribution in [3.8, 4) is 17.2 Å². The monoisotopic (exact) mass is 468 g/mol. The van der Waals surface area contributed by atoms with Gasteiger partial charge in [0, 0.05) is 19.2 Å². The summed E-state index contributed by atoms with van der Waals surface area (Å²) in [4.78, 5) is 38.5. The van der Waals surface area contributed by atoms with Crippen molar-refractivity contribution in [2.45, 2.75) is 0 Å². The minimum Gasteiger partial charge on any atom is -0.493 e. The van der Waals surface area contributed by atoms with Gasteiger partial charge in [0.15, 0.2) is 11.5 Å². The number of thioether (sulfide) groups is 1. The first-order valence-electron chi connectivity index (χ1n) is 10.0. The lowest BCUT2D eigenvalue weighted by atomic mass is 10.1. The molecule has 0 radical (unpaired) electrons. The number of rotatable bonds is 9. The summed E-state index contributed by atoms with van der Waals surface area (Å²) < 4.78 is 16.0. The van der Waals surface area contributed by atoms with Crippen molar-refractivity contribution in [3.05, 3.63) is 64.6 Å². The molecule has 172 valence electrons. The molecule has 8 nitrogen and oxygen atoms in total.